The van der Waals surface area contributed by atoms with E-state index in [2.05, 4.69) is 9.88 Å². The normalized spacial score (nSPS) is 15.0. The Bertz CT molecular complexity index is 1180. The number of halogens is 3. The quantitative estimate of drug-likeness (QED) is 0.455. The molecule has 1 fully saturated rings. The van der Waals surface area contributed by atoms with Crippen LogP contribution in [0.15, 0.2) is 54.6 Å². The molecule has 4 rings (SSSR count). The van der Waals surface area contributed by atoms with Gasteiger partial charge in [-0.3, -0.25) is 14.9 Å². The lowest BCUT2D eigenvalue weighted by molar-refractivity contribution is -0.384. The van der Waals surface area contributed by atoms with Crippen molar-refractivity contribution in [3.8, 4) is 22.5 Å². The van der Waals surface area contributed by atoms with Crippen LogP contribution in [0.25, 0.3) is 22.5 Å². The molecular weight excluding hydrogens is 437 g/mol. The van der Waals surface area contributed by atoms with Crippen LogP contribution in [0.3, 0.4) is 0 Å². The number of aromatic amines is 1. The fourth-order valence-corrected chi connectivity index (χ4v) is 3.85. The van der Waals surface area contributed by atoms with Crippen LogP contribution in [0.2, 0.25) is 0 Å². The minimum atomic E-state index is -4.47. The third kappa shape index (κ3) is 4.61. The molecule has 0 unspecified atom stereocenters. The van der Waals surface area contributed by atoms with Crippen LogP contribution in [0.5, 0.6) is 0 Å². The lowest BCUT2D eigenvalue weighted by Gasteiger charge is -2.32. The summed E-state index contributed by atoms with van der Waals surface area (Å²) >= 11 is 0. The van der Waals surface area contributed by atoms with Crippen molar-refractivity contribution in [1.82, 2.24) is 14.8 Å². The average Bonchev–Trinajstić information content (AvgIpc) is 3.24. The Kier molecular flexibility index (Phi) is 5.94. The smallest absolute Gasteiger partial charge is 0.354 e. The first-order valence-corrected chi connectivity index (χ1v) is 10.3. The summed E-state index contributed by atoms with van der Waals surface area (Å²) in [4.78, 5) is 31.3. The van der Waals surface area contributed by atoms with E-state index >= 15 is 0 Å². The molecule has 0 aliphatic carbocycles. The van der Waals surface area contributed by atoms with Gasteiger partial charge in [0.2, 0.25) is 0 Å². The van der Waals surface area contributed by atoms with Gasteiger partial charge in [-0.1, -0.05) is 24.3 Å². The summed E-state index contributed by atoms with van der Waals surface area (Å²) in [5, 5.41) is 11.6. The Balaban J connectivity index is 1.80. The predicted octanol–water partition coefficient (Wildman–Crippen LogP) is 4.66. The number of rotatable bonds is 4. The summed E-state index contributed by atoms with van der Waals surface area (Å²) in [6, 6.07) is 12.1. The summed E-state index contributed by atoms with van der Waals surface area (Å²) in [5.74, 6) is -0.286. The highest BCUT2D eigenvalue weighted by Crippen LogP contribution is 2.36. The zero-order valence-corrected chi connectivity index (χ0v) is 17.7. The molecule has 2 aromatic carbocycles. The van der Waals surface area contributed by atoms with Gasteiger partial charge in [-0.25, -0.2) is 0 Å². The number of amides is 1. The molecule has 0 saturated carbocycles. The maximum absolute atomic E-state index is 13.4. The van der Waals surface area contributed by atoms with Crippen molar-refractivity contribution >= 4 is 11.6 Å². The van der Waals surface area contributed by atoms with Crippen LogP contribution >= 0.6 is 0 Å². The molecule has 1 aliphatic rings. The molecule has 2 heterocycles. The molecule has 1 N–H and O–H groups in total. The molecule has 10 heteroatoms. The van der Waals surface area contributed by atoms with E-state index in [0.29, 0.717) is 37.4 Å². The van der Waals surface area contributed by atoms with Crippen molar-refractivity contribution in [1.29, 1.82) is 0 Å². The summed E-state index contributed by atoms with van der Waals surface area (Å²) in [7, 11) is 1.96. The first kappa shape index (κ1) is 22.5. The molecule has 33 heavy (non-hydrogen) atoms. The van der Waals surface area contributed by atoms with Gasteiger partial charge in [0.05, 0.1) is 27.3 Å². The zero-order chi connectivity index (χ0) is 23.8. The summed E-state index contributed by atoms with van der Waals surface area (Å²) < 4.78 is 38.8. The van der Waals surface area contributed by atoms with Crippen molar-refractivity contribution in [3.05, 3.63) is 75.8 Å². The van der Waals surface area contributed by atoms with Gasteiger partial charge in [-0.2, -0.15) is 13.2 Å². The molecule has 3 aromatic rings. The number of hydrogen-bond acceptors (Lipinski definition) is 4. The Labute approximate surface area is 187 Å². The molecule has 1 aromatic heterocycles. The van der Waals surface area contributed by atoms with Crippen LogP contribution in [0.1, 0.15) is 15.9 Å². The van der Waals surface area contributed by atoms with E-state index in [1.54, 1.807) is 23.1 Å². The van der Waals surface area contributed by atoms with Crippen molar-refractivity contribution < 1.29 is 22.9 Å². The highest BCUT2D eigenvalue weighted by atomic mass is 19.4. The Hall–Kier alpha value is -3.66. The number of aromatic nitrogens is 1. The average molecular weight is 458 g/mol. The number of nitrogens with one attached hydrogen (secondary N) is 1. The number of hydrogen-bond donors (Lipinski definition) is 1. The monoisotopic (exact) mass is 458 g/mol. The number of alkyl halides is 3. The third-order valence-corrected chi connectivity index (χ3v) is 5.73. The molecule has 0 spiro atoms. The molecular formula is C23H21F3N4O3. The third-order valence-electron chi connectivity index (χ3n) is 5.73. The standard InChI is InChI=1S/C23H21F3N4O3/c1-28-10-12-29(13-11-28)22(31)18-14-19(15-6-8-16(9-7-15)23(24,25)26)27-21(18)17-4-2-3-5-20(17)30(32)33/h2-9,14,27H,10-13H2,1H3. The number of H-pyrrole nitrogens is 1. The second-order valence-corrected chi connectivity index (χ2v) is 7.92. The Morgan fingerprint density at radius 1 is 1.03 bits per heavy atom. The number of likely N-dealkylation sites (N-methyl/N-ethyl adjacent to an activating group) is 1. The zero-order valence-electron chi connectivity index (χ0n) is 17.7. The molecule has 1 aliphatic heterocycles. The largest absolute Gasteiger partial charge is 0.416 e. The lowest BCUT2D eigenvalue weighted by Crippen LogP contribution is -2.47. The van der Waals surface area contributed by atoms with Gasteiger partial charge in [0.15, 0.2) is 0 Å². The highest BCUT2D eigenvalue weighted by molar-refractivity contribution is 6.02. The number of nitrogens with zero attached hydrogens (tertiary/aromatic N) is 3. The second-order valence-electron chi connectivity index (χ2n) is 7.92. The van der Waals surface area contributed by atoms with E-state index in [1.807, 2.05) is 7.05 Å². The van der Waals surface area contributed by atoms with Crippen molar-refractivity contribution in [2.24, 2.45) is 0 Å². The van der Waals surface area contributed by atoms with Gasteiger partial charge in [0, 0.05) is 37.9 Å². The van der Waals surface area contributed by atoms with E-state index in [4.69, 9.17) is 0 Å². The first-order chi connectivity index (χ1) is 15.6. The Morgan fingerprint density at radius 3 is 2.27 bits per heavy atom. The van der Waals surface area contributed by atoms with E-state index < -0.39 is 16.7 Å². The van der Waals surface area contributed by atoms with Gasteiger partial charge in [0.25, 0.3) is 11.6 Å². The van der Waals surface area contributed by atoms with Gasteiger partial charge < -0.3 is 14.8 Å². The SMILES string of the molecule is CN1CCN(C(=O)c2cc(-c3ccc(C(F)(F)F)cc3)[nH]c2-c2ccccc2[N+](=O)[O-])CC1. The molecule has 1 saturated heterocycles. The van der Waals surface area contributed by atoms with Crippen LogP contribution < -0.4 is 0 Å². The Morgan fingerprint density at radius 2 is 1.67 bits per heavy atom. The molecule has 1 amide bonds. The summed E-state index contributed by atoms with van der Waals surface area (Å²) in [6.45, 7) is 2.41. The number of nitro groups is 1. The number of benzene rings is 2. The lowest BCUT2D eigenvalue weighted by atomic mass is 10.0. The van der Waals surface area contributed by atoms with Crippen molar-refractivity contribution in [2.75, 3.05) is 33.2 Å². The van der Waals surface area contributed by atoms with Gasteiger partial charge in [-0.15, -0.1) is 0 Å². The first-order valence-electron chi connectivity index (χ1n) is 10.3. The fraction of sp³-hybridized carbons (Fsp3) is 0.261. The maximum atomic E-state index is 13.4. The molecule has 0 atom stereocenters. The minimum absolute atomic E-state index is 0.175. The van der Waals surface area contributed by atoms with E-state index in [-0.39, 0.29) is 28.4 Å². The predicted molar refractivity (Wildman–Crippen MR) is 117 cm³/mol. The molecule has 0 bridgehead atoms. The van der Waals surface area contributed by atoms with Gasteiger partial charge in [0.1, 0.15) is 0 Å². The van der Waals surface area contributed by atoms with Crippen molar-refractivity contribution in [3.63, 3.8) is 0 Å². The van der Waals surface area contributed by atoms with Crippen LogP contribution in [-0.2, 0) is 6.18 Å². The van der Waals surface area contributed by atoms with E-state index in [1.165, 1.54) is 24.3 Å². The summed E-state index contributed by atoms with van der Waals surface area (Å²) in [5.41, 5.74) is 0.605. The molecule has 0 radical (unpaired) electrons. The van der Waals surface area contributed by atoms with Crippen LogP contribution in [-0.4, -0.2) is 58.8 Å². The van der Waals surface area contributed by atoms with Gasteiger partial charge in [-0.05, 0) is 36.9 Å². The van der Waals surface area contributed by atoms with E-state index in [9.17, 15) is 28.1 Å². The van der Waals surface area contributed by atoms with Crippen LogP contribution in [0.4, 0.5) is 18.9 Å². The summed E-state index contributed by atoms with van der Waals surface area (Å²) in [6.07, 6.45) is -4.47. The fourth-order valence-electron chi connectivity index (χ4n) is 3.85. The maximum Gasteiger partial charge on any atom is 0.416 e. The second kappa shape index (κ2) is 8.70. The number of para-hydroxylation sites is 1. The number of nitro benzene ring substituents is 1. The molecule has 7 nitrogen and oxygen atoms in total. The van der Waals surface area contributed by atoms with Crippen molar-refractivity contribution in [2.45, 2.75) is 6.18 Å². The number of carbonyl (C=O) groups excluding carboxylic acids is 1. The number of piperazine rings is 1. The van der Waals surface area contributed by atoms with E-state index in [0.717, 1.165) is 12.1 Å². The van der Waals surface area contributed by atoms with Crippen LogP contribution in [0, 0.1) is 10.1 Å². The highest BCUT2D eigenvalue weighted by Gasteiger charge is 2.31. The minimum Gasteiger partial charge on any atom is -0.354 e. The van der Waals surface area contributed by atoms with Gasteiger partial charge >= 0.3 is 6.18 Å². The molecule has 172 valence electrons. The topological polar surface area (TPSA) is 82.5 Å². The number of carbonyl (C=O) groups is 1.